The molecule has 0 radical (unpaired) electrons. The van der Waals surface area contributed by atoms with Crippen molar-refractivity contribution in [3.05, 3.63) is 77.5 Å². The van der Waals surface area contributed by atoms with Gasteiger partial charge in [-0.1, -0.05) is 36.4 Å². The Labute approximate surface area is 175 Å². The number of anilines is 1. The average molecular weight is 413 g/mol. The zero-order valence-corrected chi connectivity index (χ0v) is 17.0. The fourth-order valence-corrected chi connectivity index (χ4v) is 4.02. The maximum absolute atomic E-state index is 13.0. The van der Waals surface area contributed by atoms with Crippen LogP contribution in [-0.4, -0.2) is 42.6 Å². The van der Waals surface area contributed by atoms with E-state index in [-0.39, 0.29) is 0 Å². The van der Waals surface area contributed by atoms with Crippen molar-refractivity contribution in [2.45, 2.75) is 19.5 Å². The third kappa shape index (κ3) is 4.70. The first kappa shape index (κ1) is 20.5. The van der Waals surface area contributed by atoms with Gasteiger partial charge in [-0.05, 0) is 48.7 Å². The Morgan fingerprint density at radius 1 is 0.900 bits per heavy atom. The van der Waals surface area contributed by atoms with Gasteiger partial charge in [-0.15, -0.1) is 0 Å². The highest BCUT2D eigenvalue weighted by molar-refractivity contribution is 5.61. The minimum absolute atomic E-state index is 0.584. The van der Waals surface area contributed by atoms with Crippen LogP contribution in [0.4, 0.5) is 18.9 Å². The van der Waals surface area contributed by atoms with E-state index in [0.29, 0.717) is 5.69 Å². The van der Waals surface area contributed by atoms with Gasteiger partial charge in [0.1, 0.15) is 0 Å². The van der Waals surface area contributed by atoms with Crippen LogP contribution in [0.15, 0.2) is 60.7 Å². The van der Waals surface area contributed by atoms with E-state index in [4.69, 9.17) is 0 Å². The number of benzene rings is 2. The van der Waals surface area contributed by atoms with Gasteiger partial charge in [0.2, 0.25) is 0 Å². The Morgan fingerprint density at radius 2 is 1.63 bits per heavy atom. The number of aryl methyl sites for hydroxylation is 1. The molecule has 0 saturated carbocycles. The van der Waals surface area contributed by atoms with Gasteiger partial charge < -0.3 is 9.88 Å². The predicted molar refractivity (Wildman–Crippen MR) is 115 cm³/mol. The minimum atomic E-state index is -4.30. The van der Waals surface area contributed by atoms with Crippen LogP contribution in [0.1, 0.15) is 16.8 Å². The molecule has 1 aliphatic heterocycles. The molecule has 2 heterocycles. The summed E-state index contributed by atoms with van der Waals surface area (Å²) in [4.78, 5) is 7.91. The summed E-state index contributed by atoms with van der Waals surface area (Å²) in [5, 5.41) is 0. The zero-order chi connectivity index (χ0) is 21.1. The number of halogens is 3. The second-order valence-electron chi connectivity index (χ2n) is 7.83. The number of H-pyrrole nitrogens is 1. The Morgan fingerprint density at radius 3 is 2.33 bits per heavy atom. The van der Waals surface area contributed by atoms with E-state index in [0.717, 1.165) is 50.9 Å². The molecule has 6 heteroatoms. The molecule has 0 spiro atoms. The number of piperazine rings is 1. The van der Waals surface area contributed by atoms with Crippen LogP contribution in [0.3, 0.4) is 0 Å². The van der Waals surface area contributed by atoms with Crippen molar-refractivity contribution < 1.29 is 13.2 Å². The highest BCUT2D eigenvalue weighted by Crippen LogP contribution is 2.32. The quantitative estimate of drug-likeness (QED) is 0.607. The topological polar surface area (TPSA) is 22.3 Å². The summed E-state index contributed by atoms with van der Waals surface area (Å²) in [5.74, 6) is 0. The van der Waals surface area contributed by atoms with Gasteiger partial charge in [-0.3, -0.25) is 4.90 Å². The Kier molecular flexibility index (Phi) is 5.86. The van der Waals surface area contributed by atoms with E-state index in [1.54, 1.807) is 6.07 Å². The Bertz CT molecular complexity index is 971. The van der Waals surface area contributed by atoms with Crippen LogP contribution in [0.5, 0.6) is 0 Å². The van der Waals surface area contributed by atoms with E-state index in [1.807, 2.05) is 23.1 Å². The van der Waals surface area contributed by atoms with Crippen molar-refractivity contribution >= 4 is 5.69 Å². The third-order valence-electron chi connectivity index (χ3n) is 5.82. The molecule has 1 N–H and O–H groups in total. The van der Waals surface area contributed by atoms with Gasteiger partial charge in [0.25, 0.3) is 0 Å². The van der Waals surface area contributed by atoms with E-state index in [2.05, 4.69) is 35.0 Å². The molecular weight excluding hydrogens is 387 g/mol. The van der Waals surface area contributed by atoms with Crippen LogP contribution in [-0.2, 0) is 12.6 Å². The van der Waals surface area contributed by atoms with Gasteiger partial charge in [0, 0.05) is 49.8 Å². The summed E-state index contributed by atoms with van der Waals surface area (Å²) in [6.45, 7) is 6.23. The fraction of sp³-hybridized carbons (Fsp3) is 0.333. The van der Waals surface area contributed by atoms with Crippen LogP contribution in [0.2, 0.25) is 0 Å². The minimum Gasteiger partial charge on any atom is -0.369 e. The second kappa shape index (κ2) is 8.56. The van der Waals surface area contributed by atoms with E-state index < -0.39 is 11.7 Å². The summed E-state index contributed by atoms with van der Waals surface area (Å²) < 4.78 is 38.9. The lowest BCUT2D eigenvalue weighted by Crippen LogP contribution is -2.47. The van der Waals surface area contributed by atoms with Crippen LogP contribution in [0.25, 0.3) is 11.3 Å². The number of alkyl halides is 3. The smallest absolute Gasteiger partial charge is 0.369 e. The van der Waals surface area contributed by atoms with Crippen molar-refractivity contribution in [2.24, 2.45) is 0 Å². The predicted octanol–water partition coefficient (Wildman–Crippen LogP) is 5.37. The van der Waals surface area contributed by atoms with E-state index >= 15 is 0 Å². The monoisotopic (exact) mass is 413 g/mol. The van der Waals surface area contributed by atoms with Crippen molar-refractivity contribution in [2.75, 3.05) is 37.6 Å². The zero-order valence-electron chi connectivity index (χ0n) is 17.0. The molecule has 3 aromatic rings. The summed E-state index contributed by atoms with van der Waals surface area (Å²) in [5.41, 5.74) is 4.89. The molecule has 0 atom stereocenters. The molecule has 4 rings (SSSR count). The molecule has 3 nitrogen and oxygen atoms in total. The molecule has 0 amide bonds. The number of hydrogen-bond donors (Lipinski definition) is 1. The highest BCUT2D eigenvalue weighted by Gasteiger charge is 2.31. The standard InChI is InChI=1S/C24H26F3N3/c1-18-20(16-23(28-18)19-6-3-2-4-7-19)10-11-29-12-14-30(15-13-29)22-9-5-8-21(17-22)24(25,26)27/h2-9,16-17,28H,10-15H2,1H3. The molecule has 0 bridgehead atoms. The maximum atomic E-state index is 13.0. The van der Waals surface area contributed by atoms with Gasteiger partial charge in [0.15, 0.2) is 0 Å². The Balaban J connectivity index is 1.32. The first-order valence-electron chi connectivity index (χ1n) is 10.3. The number of nitrogens with one attached hydrogen (secondary N) is 1. The number of rotatable bonds is 5. The first-order chi connectivity index (χ1) is 14.4. The first-order valence-corrected chi connectivity index (χ1v) is 10.3. The molecule has 0 unspecified atom stereocenters. The lowest BCUT2D eigenvalue weighted by Gasteiger charge is -2.36. The maximum Gasteiger partial charge on any atom is 0.416 e. The van der Waals surface area contributed by atoms with Gasteiger partial charge in [-0.25, -0.2) is 0 Å². The number of nitrogens with zero attached hydrogens (tertiary/aromatic N) is 2. The van der Waals surface area contributed by atoms with E-state index in [9.17, 15) is 13.2 Å². The molecular formula is C24H26F3N3. The third-order valence-corrected chi connectivity index (χ3v) is 5.82. The van der Waals surface area contributed by atoms with Crippen molar-refractivity contribution in [1.29, 1.82) is 0 Å². The lowest BCUT2D eigenvalue weighted by molar-refractivity contribution is -0.137. The summed E-state index contributed by atoms with van der Waals surface area (Å²) in [7, 11) is 0. The molecule has 2 aromatic carbocycles. The van der Waals surface area contributed by atoms with Crippen LogP contribution >= 0.6 is 0 Å². The summed E-state index contributed by atoms with van der Waals surface area (Å²) >= 11 is 0. The second-order valence-corrected chi connectivity index (χ2v) is 7.83. The van der Waals surface area contributed by atoms with Gasteiger partial charge in [0.05, 0.1) is 5.56 Å². The van der Waals surface area contributed by atoms with Crippen LogP contribution < -0.4 is 4.90 Å². The molecule has 158 valence electrons. The average Bonchev–Trinajstić information content (AvgIpc) is 3.13. The number of aromatic amines is 1. The molecule has 0 aliphatic carbocycles. The number of aromatic nitrogens is 1. The lowest BCUT2D eigenvalue weighted by atomic mass is 10.1. The normalized spacial score (nSPS) is 15.5. The summed E-state index contributed by atoms with van der Waals surface area (Å²) in [6.07, 6.45) is -3.34. The molecule has 30 heavy (non-hydrogen) atoms. The SMILES string of the molecule is Cc1[nH]c(-c2ccccc2)cc1CCN1CCN(c2cccc(C(F)(F)F)c2)CC1. The molecule has 1 fully saturated rings. The highest BCUT2D eigenvalue weighted by atomic mass is 19.4. The summed E-state index contributed by atoms with van der Waals surface area (Å²) in [6, 6.07) is 18.1. The molecule has 1 aromatic heterocycles. The van der Waals surface area contributed by atoms with Crippen molar-refractivity contribution in [1.82, 2.24) is 9.88 Å². The number of hydrogen-bond acceptors (Lipinski definition) is 2. The largest absolute Gasteiger partial charge is 0.416 e. The van der Waals surface area contributed by atoms with Gasteiger partial charge in [-0.2, -0.15) is 13.2 Å². The van der Waals surface area contributed by atoms with Gasteiger partial charge >= 0.3 is 6.18 Å². The van der Waals surface area contributed by atoms with Crippen LogP contribution in [0, 0.1) is 6.92 Å². The fourth-order valence-electron chi connectivity index (χ4n) is 4.02. The molecule has 1 aliphatic rings. The Hall–Kier alpha value is -2.73. The van der Waals surface area contributed by atoms with Crippen molar-refractivity contribution in [3.63, 3.8) is 0 Å². The van der Waals surface area contributed by atoms with Crippen molar-refractivity contribution in [3.8, 4) is 11.3 Å². The van der Waals surface area contributed by atoms with E-state index in [1.165, 1.54) is 29.0 Å². The molecule has 1 saturated heterocycles.